The Bertz CT molecular complexity index is 376. The summed E-state index contributed by atoms with van der Waals surface area (Å²) in [5.74, 6) is 0.107. The molecule has 100 valence electrons. The van der Waals surface area contributed by atoms with Crippen molar-refractivity contribution in [3.63, 3.8) is 0 Å². The molecule has 0 aliphatic heterocycles. The lowest BCUT2D eigenvalue weighted by Gasteiger charge is -2.11. The zero-order chi connectivity index (χ0) is 13.4. The topological polar surface area (TPSA) is 93.6 Å². The van der Waals surface area contributed by atoms with E-state index in [-0.39, 0.29) is 6.42 Å². The van der Waals surface area contributed by atoms with Gasteiger partial charge in [-0.25, -0.2) is 9.97 Å². The lowest BCUT2D eigenvalue weighted by atomic mass is 10.2. The van der Waals surface area contributed by atoms with Gasteiger partial charge in [0.15, 0.2) is 0 Å². The number of methoxy groups -OCH3 is 2. The summed E-state index contributed by atoms with van der Waals surface area (Å²) in [6.45, 7) is 1.06. The Morgan fingerprint density at radius 2 is 1.94 bits per heavy atom. The van der Waals surface area contributed by atoms with Crippen LogP contribution in [-0.2, 0) is 11.3 Å². The fraction of sp³-hybridized carbons (Fsp3) is 0.545. The molecule has 0 unspecified atom stereocenters. The predicted molar refractivity (Wildman–Crippen MR) is 63.7 cm³/mol. The van der Waals surface area contributed by atoms with E-state index in [0.717, 1.165) is 5.56 Å². The number of aromatic nitrogens is 2. The second kappa shape index (κ2) is 7.44. The SMILES string of the molecule is COc1ncnc(OC)c1CNCCCC(=O)O. The Hall–Kier alpha value is -1.89. The molecular formula is C11H17N3O4. The highest BCUT2D eigenvalue weighted by molar-refractivity contribution is 5.66. The van der Waals surface area contributed by atoms with Crippen LogP contribution < -0.4 is 14.8 Å². The molecule has 0 saturated carbocycles. The van der Waals surface area contributed by atoms with Crippen molar-refractivity contribution in [2.45, 2.75) is 19.4 Å². The summed E-state index contributed by atoms with van der Waals surface area (Å²) in [4.78, 5) is 18.3. The first kappa shape index (κ1) is 14.2. The van der Waals surface area contributed by atoms with Crippen LogP contribution in [0.4, 0.5) is 0 Å². The molecule has 0 amide bonds. The molecule has 7 nitrogen and oxygen atoms in total. The number of hydrogen-bond acceptors (Lipinski definition) is 6. The van der Waals surface area contributed by atoms with E-state index in [1.54, 1.807) is 0 Å². The Morgan fingerprint density at radius 3 is 2.44 bits per heavy atom. The Kier molecular flexibility index (Phi) is 5.86. The summed E-state index contributed by atoms with van der Waals surface area (Å²) in [6.07, 6.45) is 2.08. The molecule has 0 fully saturated rings. The van der Waals surface area contributed by atoms with Crippen molar-refractivity contribution in [3.8, 4) is 11.8 Å². The van der Waals surface area contributed by atoms with Crippen LogP contribution in [0.3, 0.4) is 0 Å². The van der Waals surface area contributed by atoms with E-state index >= 15 is 0 Å². The van der Waals surface area contributed by atoms with Crippen LogP contribution in [0, 0.1) is 0 Å². The van der Waals surface area contributed by atoms with Gasteiger partial charge in [-0.1, -0.05) is 0 Å². The van der Waals surface area contributed by atoms with Crippen LogP contribution in [-0.4, -0.2) is 41.8 Å². The number of carboxylic acid groups (broad SMARTS) is 1. The maximum Gasteiger partial charge on any atom is 0.303 e. The van der Waals surface area contributed by atoms with Crippen molar-refractivity contribution in [1.29, 1.82) is 0 Å². The van der Waals surface area contributed by atoms with E-state index in [2.05, 4.69) is 15.3 Å². The third-order valence-electron chi connectivity index (χ3n) is 2.30. The van der Waals surface area contributed by atoms with Crippen molar-refractivity contribution < 1.29 is 19.4 Å². The average Bonchev–Trinajstić information content (AvgIpc) is 2.37. The van der Waals surface area contributed by atoms with Crippen LogP contribution >= 0.6 is 0 Å². The van der Waals surface area contributed by atoms with Crippen molar-refractivity contribution >= 4 is 5.97 Å². The Labute approximate surface area is 105 Å². The van der Waals surface area contributed by atoms with Gasteiger partial charge in [-0.3, -0.25) is 4.79 Å². The van der Waals surface area contributed by atoms with Crippen molar-refractivity contribution in [2.75, 3.05) is 20.8 Å². The van der Waals surface area contributed by atoms with Crippen LogP contribution in [0.15, 0.2) is 6.33 Å². The summed E-state index contributed by atoms with van der Waals surface area (Å²) in [7, 11) is 3.05. The van der Waals surface area contributed by atoms with Crippen molar-refractivity contribution in [1.82, 2.24) is 15.3 Å². The normalized spacial score (nSPS) is 10.1. The monoisotopic (exact) mass is 255 g/mol. The number of rotatable bonds is 8. The highest BCUT2D eigenvalue weighted by Crippen LogP contribution is 2.22. The second-order valence-electron chi connectivity index (χ2n) is 3.54. The van der Waals surface area contributed by atoms with Gasteiger partial charge in [0.05, 0.1) is 19.8 Å². The molecule has 18 heavy (non-hydrogen) atoms. The first-order valence-corrected chi connectivity index (χ1v) is 5.53. The number of hydrogen-bond donors (Lipinski definition) is 2. The summed E-state index contributed by atoms with van der Waals surface area (Å²) < 4.78 is 10.2. The lowest BCUT2D eigenvalue weighted by molar-refractivity contribution is -0.137. The molecule has 0 aliphatic rings. The van der Waals surface area contributed by atoms with E-state index in [9.17, 15) is 4.79 Å². The van der Waals surface area contributed by atoms with Crippen LogP contribution in [0.25, 0.3) is 0 Å². The molecule has 0 aliphatic carbocycles. The van der Waals surface area contributed by atoms with Crippen LogP contribution in [0.5, 0.6) is 11.8 Å². The summed E-state index contributed by atoms with van der Waals surface area (Å²) in [5.41, 5.74) is 0.720. The third kappa shape index (κ3) is 4.17. The molecule has 1 aromatic rings. The maximum absolute atomic E-state index is 10.3. The fourth-order valence-electron chi connectivity index (χ4n) is 1.46. The second-order valence-corrected chi connectivity index (χ2v) is 3.54. The number of nitrogens with zero attached hydrogens (tertiary/aromatic N) is 2. The van der Waals surface area contributed by atoms with Crippen molar-refractivity contribution in [2.24, 2.45) is 0 Å². The standard InChI is InChI=1S/C11H17N3O4/c1-17-10-8(11(18-2)14-7-13-10)6-12-5-3-4-9(15)16/h7,12H,3-6H2,1-2H3,(H,15,16). The summed E-state index contributed by atoms with van der Waals surface area (Å²) >= 11 is 0. The quantitative estimate of drug-likeness (QED) is 0.651. The summed E-state index contributed by atoms with van der Waals surface area (Å²) in [6, 6.07) is 0. The Morgan fingerprint density at radius 1 is 1.33 bits per heavy atom. The third-order valence-corrected chi connectivity index (χ3v) is 2.30. The average molecular weight is 255 g/mol. The minimum absolute atomic E-state index is 0.145. The molecule has 0 spiro atoms. The molecule has 1 rings (SSSR count). The van der Waals surface area contributed by atoms with E-state index in [4.69, 9.17) is 14.6 Å². The molecule has 0 radical (unpaired) electrons. The highest BCUT2D eigenvalue weighted by atomic mass is 16.5. The zero-order valence-electron chi connectivity index (χ0n) is 10.5. The molecule has 1 heterocycles. The van der Waals surface area contributed by atoms with Crippen LogP contribution in [0.1, 0.15) is 18.4 Å². The van der Waals surface area contributed by atoms with Gasteiger partial charge in [-0.2, -0.15) is 0 Å². The van der Waals surface area contributed by atoms with Gasteiger partial charge in [-0.15, -0.1) is 0 Å². The molecule has 2 N–H and O–H groups in total. The number of ether oxygens (including phenoxy) is 2. The zero-order valence-corrected chi connectivity index (χ0v) is 10.5. The summed E-state index contributed by atoms with van der Waals surface area (Å²) in [5, 5.41) is 11.6. The molecule has 7 heteroatoms. The molecule has 0 atom stereocenters. The fourth-order valence-corrected chi connectivity index (χ4v) is 1.46. The van der Waals surface area contributed by atoms with Gasteiger partial charge in [0.2, 0.25) is 11.8 Å². The van der Waals surface area contributed by atoms with E-state index < -0.39 is 5.97 Å². The number of carboxylic acids is 1. The largest absolute Gasteiger partial charge is 0.481 e. The van der Waals surface area contributed by atoms with Gasteiger partial charge < -0.3 is 19.9 Å². The first-order valence-electron chi connectivity index (χ1n) is 5.53. The molecule has 1 aromatic heterocycles. The molecule has 0 aromatic carbocycles. The maximum atomic E-state index is 10.3. The molecule has 0 bridgehead atoms. The van der Waals surface area contributed by atoms with Gasteiger partial charge in [0, 0.05) is 13.0 Å². The first-order chi connectivity index (χ1) is 8.69. The predicted octanol–water partition coefficient (Wildman–Crippen LogP) is 0.448. The molecule has 0 saturated heterocycles. The molecular weight excluding hydrogens is 238 g/mol. The number of nitrogens with one attached hydrogen (secondary N) is 1. The minimum atomic E-state index is -0.796. The van der Waals surface area contributed by atoms with E-state index in [1.807, 2.05) is 0 Å². The van der Waals surface area contributed by atoms with Gasteiger partial charge >= 0.3 is 5.97 Å². The van der Waals surface area contributed by atoms with Gasteiger partial charge in [-0.05, 0) is 13.0 Å². The van der Waals surface area contributed by atoms with E-state index in [1.165, 1.54) is 20.5 Å². The van der Waals surface area contributed by atoms with Gasteiger partial charge in [0.1, 0.15) is 6.33 Å². The smallest absolute Gasteiger partial charge is 0.303 e. The van der Waals surface area contributed by atoms with E-state index in [0.29, 0.717) is 31.3 Å². The minimum Gasteiger partial charge on any atom is -0.481 e. The number of aliphatic carboxylic acids is 1. The number of carbonyl (C=O) groups is 1. The highest BCUT2D eigenvalue weighted by Gasteiger charge is 2.11. The van der Waals surface area contributed by atoms with Crippen molar-refractivity contribution in [3.05, 3.63) is 11.9 Å². The Balaban J connectivity index is 2.52. The van der Waals surface area contributed by atoms with Crippen LogP contribution in [0.2, 0.25) is 0 Å². The lowest BCUT2D eigenvalue weighted by Crippen LogP contribution is -2.17. The van der Waals surface area contributed by atoms with Gasteiger partial charge in [0.25, 0.3) is 0 Å².